The van der Waals surface area contributed by atoms with Gasteiger partial charge < -0.3 is 15.0 Å². The van der Waals surface area contributed by atoms with E-state index in [0.29, 0.717) is 5.69 Å². The number of piperidine rings is 1. The maximum absolute atomic E-state index is 12.4. The lowest BCUT2D eigenvalue weighted by atomic mass is 10.1. The Morgan fingerprint density at radius 2 is 1.57 bits per heavy atom. The number of esters is 1. The molecule has 1 amide bonds. The third-order valence-electron chi connectivity index (χ3n) is 5.03. The number of carbonyl (C=O) groups is 2. The molecule has 3 rings (SSSR count). The molecule has 1 saturated heterocycles. The molecule has 0 bridgehead atoms. The summed E-state index contributed by atoms with van der Waals surface area (Å²) in [5.74, 6) is -1.14. The average Bonchev–Trinajstić information content (AvgIpc) is 2.74. The summed E-state index contributed by atoms with van der Waals surface area (Å²) < 4.78 is 28.2. The Hall–Kier alpha value is -2.87. The van der Waals surface area contributed by atoms with Gasteiger partial charge in [0.1, 0.15) is 0 Å². The van der Waals surface area contributed by atoms with E-state index >= 15 is 0 Å². The monoisotopic (exact) mass is 430 g/mol. The molecule has 0 radical (unpaired) electrons. The fraction of sp³-hybridized carbons (Fsp3) is 0.364. The fourth-order valence-corrected chi connectivity index (χ4v) is 3.90. The van der Waals surface area contributed by atoms with Crippen LogP contribution in [0.5, 0.6) is 0 Å². The van der Waals surface area contributed by atoms with Crippen LogP contribution in [0.3, 0.4) is 0 Å². The topological polar surface area (TPSA) is 92.8 Å². The molecule has 1 aliphatic heterocycles. The van der Waals surface area contributed by atoms with Crippen LogP contribution in [0.1, 0.15) is 36.5 Å². The van der Waals surface area contributed by atoms with Gasteiger partial charge >= 0.3 is 5.97 Å². The number of sulfone groups is 1. The Morgan fingerprint density at radius 3 is 2.13 bits per heavy atom. The molecule has 8 heteroatoms. The highest BCUT2D eigenvalue weighted by Gasteiger charge is 2.20. The summed E-state index contributed by atoms with van der Waals surface area (Å²) in [7, 11) is -3.35. The molecule has 1 aliphatic rings. The summed E-state index contributed by atoms with van der Waals surface area (Å²) in [6, 6.07) is 13.0. The Bertz CT molecular complexity index is 995. The molecule has 0 aromatic heterocycles. The van der Waals surface area contributed by atoms with E-state index in [4.69, 9.17) is 4.74 Å². The van der Waals surface area contributed by atoms with E-state index < -0.39 is 27.8 Å². The van der Waals surface area contributed by atoms with Crippen LogP contribution < -0.4 is 10.2 Å². The zero-order valence-corrected chi connectivity index (χ0v) is 17.9. The van der Waals surface area contributed by atoms with E-state index in [9.17, 15) is 18.0 Å². The van der Waals surface area contributed by atoms with Gasteiger partial charge in [0.25, 0.3) is 5.91 Å². The van der Waals surface area contributed by atoms with Crippen LogP contribution in [0.25, 0.3) is 0 Å². The van der Waals surface area contributed by atoms with Gasteiger partial charge in [-0.15, -0.1) is 0 Å². The van der Waals surface area contributed by atoms with Crippen LogP contribution in [0, 0.1) is 0 Å². The van der Waals surface area contributed by atoms with Crippen LogP contribution in [-0.2, 0) is 19.4 Å². The van der Waals surface area contributed by atoms with Gasteiger partial charge in [-0.2, -0.15) is 0 Å². The smallest absolute Gasteiger partial charge is 0.338 e. The lowest BCUT2D eigenvalue weighted by Gasteiger charge is -2.28. The van der Waals surface area contributed by atoms with Gasteiger partial charge in [-0.25, -0.2) is 13.2 Å². The molecule has 0 saturated carbocycles. The molecule has 1 N–H and O–H groups in total. The van der Waals surface area contributed by atoms with Gasteiger partial charge in [0.2, 0.25) is 0 Å². The quantitative estimate of drug-likeness (QED) is 0.707. The summed E-state index contributed by atoms with van der Waals surface area (Å²) >= 11 is 0. The van der Waals surface area contributed by atoms with Crippen molar-refractivity contribution in [3.63, 3.8) is 0 Å². The molecule has 2 aromatic carbocycles. The first kappa shape index (κ1) is 21.8. The van der Waals surface area contributed by atoms with Crippen molar-refractivity contribution < 1.29 is 22.7 Å². The second-order valence-corrected chi connectivity index (χ2v) is 9.44. The van der Waals surface area contributed by atoms with Crippen molar-refractivity contribution in [2.75, 3.05) is 29.6 Å². The highest BCUT2D eigenvalue weighted by Crippen LogP contribution is 2.22. The first-order valence-electron chi connectivity index (χ1n) is 9.91. The first-order valence-corrected chi connectivity index (χ1v) is 11.8. The minimum atomic E-state index is -3.35. The maximum Gasteiger partial charge on any atom is 0.338 e. The number of anilines is 2. The molecule has 0 aliphatic carbocycles. The van der Waals surface area contributed by atoms with Crippen LogP contribution in [0.4, 0.5) is 11.4 Å². The predicted octanol–water partition coefficient (Wildman–Crippen LogP) is 3.26. The summed E-state index contributed by atoms with van der Waals surface area (Å²) in [6.45, 7) is 3.58. The number of carbonyl (C=O) groups excluding carboxylic acids is 2. The van der Waals surface area contributed by atoms with E-state index in [1.165, 1.54) is 50.5 Å². The molecule has 0 spiro atoms. The normalized spacial score (nSPS) is 15.3. The lowest BCUT2D eigenvalue weighted by molar-refractivity contribution is -0.123. The molecule has 1 fully saturated rings. The summed E-state index contributed by atoms with van der Waals surface area (Å²) in [5, 5.41) is 2.74. The Labute approximate surface area is 177 Å². The molecular weight excluding hydrogens is 404 g/mol. The second kappa shape index (κ2) is 9.30. The number of nitrogens with one attached hydrogen (secondary N) is 1. The van der Waals surface area contributed by atoms with Crippen molar-refractivity contribution in [1.29, 1.82) is 0 Å². The first-order chi connectivity index (χ1) is 14.2. The number of rotatable bonds is 6. The third kappa shape index (κ3) is 5.60. The average molecular weight is 431 g/mol. The van der Waals surface area contributed by atoms with Crippen molar-refractivity contribution in [2.45, 2.75) is 37.2 Å². The van der Waals surface area contributed by atoms with Crippen molar-refractivity contribution in [2.24, 2.45) is 0 Å². The van der Waals surface area contributed by atoms with E-state index in [0.717, 1.165) is 25.0 Å². The van der Waals surface area contributed by atoms with E-state index in [1.807, 2.05) is 24.3 Å². The molecule has 0 unspecified atom stereocenters. The summed E-state index contributed by atoms with van der Waals surface area (Å²) in [4.78, 5) is 27.0. The Morgan fingerprint density at radius 1 is 0.967 bits per heavy atom. The number of ether oxygens (including phenoxy) is 1. The second-order valence-electron chi connectivity index (χ2n) is 7.43. The fourth-order valence-electron chi connectivity index (χ4n) is 3.27. The van der Waals surface area contributed by atoms with Crippen LogP contribution in [0.15, 0.2) is 53.4 Å². The number of hydrogen-bond donors (Lipinski definition) is 1. The van der Waals surface area contributed by atoms with Crippen molar-refractivity contribution in [3.05, 3.63) is 54.1 Å². The molecule has 2 aromatic rings. The van der Waals surface area contributed by atoms with E-state index in [-0.39, 0.29) is 10.5 Å². The zero-order valence-electron chi connectivity index (χ0n) is 17.1. The molecule has 7 nitrogen and oxygen atoms in total. The Balaban J connectivity index is 1.55. The standard InChI is InChI=1S/C22H26N2O5S/c1-16(29-22(26)17-6-12-20(13-7-17)30(2,27)28)21(25)23-18-8-10-19(11-9-18)24-14-4-3-5-15-24/h6-13,16H,3-5,14-15H2,1-2H3,(H,23,25)/t16-/m1/s1. The van der Waals surface area contributed by atoms with Gasteiger partial charge in [0.05, 0.1) is 10.5 Å². The zero-order chi connectivity index (χ0) is 21.7. The van der Waals surface area contributed by atoms with Crippen LogP contribution in [0.2, 0.25) is 0 Å². The number of amides is 1. The molecule has 1 heterocycles. The highest BCUT2D eigenvalue weighted by atomic mass is 32.2. The summed E-state index contributed by atoms with van der Waals surface area (Å²) in [6.07, 6.45) is 3.74. The van der Waals surface area contributed by atoms with E-state index in [1.54, 1.807) is 0 Å². The number of hydrogen-bond acceptors (Lipinski definition) is 6. The van der Waals surface area contributed by atoms with Crippen molar-refractivity contribution in [3.8, 4) is 0 Å². The van der Waals surface area contributed by atoms with Crippen LogP contribution >= 0.6 is 0 Å². The SMILES string of the molecule is C[C@@H](OC(=O)c1ccc(S(C)(=O)=O)cc1)C(=O)Nc1ccc(N2CCCCC2)cc1. The van der Waals surface area contributed by atoms with Crippen LogP contribution in [-0.4, -0.2) is 45.7 Å². The summed E-state index contributed by atoms with van der Waals surface area (Å²) in [5.41, 5.74) is 1.93. The molecular formula is C22H26N2O5S. The van der Waals surface area contributed by atoms with Crippen molar-refractivity contribution in [1.82, 2.24) is 0 Å². The molecule has 1 atom stereocenters. The molecule has 160 valence electrons. The third-order valence-corrected chi connectivity index (χ3v) is 6.16. The minimum absolute atomic E-state index is 0.109. The van der Waals surface area contributed by atoms with Crippen molar-refractivity contribution >= 4 is 33.1 Å². The van der Waals surface area contributed by atoms with Gasteiger partial charge in [-0.3, -0.25) is 4.79 Å². The predicted molar refractivity (Wildman–Crippen MR) is 116 cm³/mol. The Kier molecular flexibility index (Phi) is 6.77. The van der Waals surface area contributed by atoms with Gasteiger partial charge in [-0.1, -0.05) is 0 Å². The van der Waals surface area contributed by atoms with Gasteiger partial charge in [0.15, 0.2) is 15.9 Å². The largest absolute Gasteiger partial charge is 0.449 e. The maximum atomic E-state index is 12.4. The highest BCUT2D eigenvalue weighted by molar-refractivity contribution is 7.90. The molecule has 30 heavy (non-hydrogen) atoms. The number of benzene rings is 2. The van der Waals surface area contributed by atoms with E-state index in [2.05, 4.69) is 10.2 Å². The lowest BCUT2D eigenvalue weighted by Crippen LogP contribution is -2.30. The van der Waals surface area contributed by atoms with Gasteiger partial charge in [0, 0.05) is 30.7 Å². The number of nitrogens with zero attached hydrogens (tertiary/aromatic N) is 1. The minimum Gasteiger partial charge on any atom is -0.449 e. The van der Waals surface area contributed by atoms with Gasteiger partial charge in [-0.05, 0) is 74.7 Å².